The van der Waals surface area contributed by atoms with Crippen LogP contribution in [0.2, 0.25) is 0 Å². The molecule has 0 radical (unpaired) electrons. The van der Waals surface area contributed by atoms with Crippen LogP contribution in [0.5, 0.6) is 5.75 Å². The van der Waals surface area contributed by atoms with Crippen LogP contribution in [0.3, 0.4) is 0 Å². The molecular formula is C15H15BrN2O3. The molecule has 2 aromatic rings. The number of nitrogens with zero attached hydrogens (tertiary/aromatic N) is 1. The number of hydrogen-bond donors (Lipinski definition) is 2. The maximum atomic E-state index is 11.0. The Morgan fingerprint density at radius 3 is 2.76 bits per heavy atom. The number of phenolic OH excluding ortho intramolecular Hbond substituents is 1. The Hall–Kier alpha value is -1.92. The molecule has 21 heavy (non-hydrogen) atoms. The van der Waals surface area contributed by atoms with E-state index >= 15 is 0 Å². The van der Waals surface area contributed by atoms with E-state index in [0.717, 1.165) is 10.0 Å². The van der Waals surface area contributed by atoms with Gasteiger partial charge in [-0.3, -0.25) is 10.1 Å². The van der Waals surface area contributed by atoms with Crippen LogP contribution in [-0.4, -0.2) is 10.0 Å². The number of benzene rings is 2. The summed E-state index contributed by atoms with van der Waals surface area (Å²) in [6.45, 7) is 2.31. The standard InChI is InChI=1S/C15H15BrN2O3/c1-10(11-3-2-4-14(19)8-11)17-9-12-7-13(16)5-6-15(12)18(20)21/h2-8,10,17,19H,9H2,1H3. The van der Waals surface area contributed by atoms with Crippen LogP contribution in [0.15, 0.2) is 46.9 Å². The molecule has 6 heteroatoms. The van der Waals surface area contributed by atoms with E-state index < -0.39 is 0 Å². The molecule has 0 aliphatic rings. The van der Waals surface area contributed by atoms with Gasteiger partial charge >= 0.3 is 0 Å². The largest absolute Gasteiger partial charge is 0.508 e. The third-order valence-electron chi connectivity index (χ3n) is 3.21. The van der Waals surface area contributed by atoms with E-state index in [4.69, 9.17) is 0 Å². The Morgan fingerprint density at radius 1 is 1.33 bits per heavy atom. The molecule has 0 spiro atoms. The number of aromatic hydroxyl groups is 1. The summed E-state index contributed by atoms with van der Waals surface area (Å²) in [5, 5.41) is 23.7. The van der Waals surface area contributed by atoms with Gasteiger partial charge in [-0.05, 0) is 36.8 Å². The molecule has 0 saturated heterocycles. The van der Waals surface area contributed by atoms with Crippen molar-refractivity contribution in [3.8, 4) is 5.75 Å². The molecule has 2 aromatic carbocycles. The summed E-state index contributed by atoms with van der Waals surface area (Å²) in [5.41, 5.74) is 1.63. The monoisotopic (exact) mass is 350 g/mol. The SMILES string of the molecule is CC(NCc1cc(Br)ccc1[N+](=O)[O-])c1cccc(O)c1. The molecule has 2 N–H and O–H groups in total. The van der Waals surface area contributed by atoms with Gasteiger partial charge in [0.15, 0.2) is 0 Å². The first kappa shape index (κ1) is 15.5. The molecular weight excluding hydrogens is 336 g/mol. The van der Waals surface area contributed by atoms with Crippen LogP contribution in [0.1, 0.15) is 24.1 Å². The van der Waals surface area contributed by atoms with E-state index in [-0.39, 0.29) is 22.4 Å². The molecule has 0 bridgehead atoms. The zero-order chi connectivity index (χ0) is 15.4. The predicted octanol–water partition coefficient (Wildman–Crippen LogP) is 3.91. The molecule has 0 aliphatic heterocycles. The normalized spacial score (nSPS) is 12.1. The van der Waals surface area contributed by atoms with Gasteiger partial charge in [-0.1, -0.05) is 28.1 Å². The number of rotatable bonds is 5. The highest BCUT2D eigenvalue weighted by Crippen LogP contribution is 2.24. The van der Waals surface area contributed by atoms with Gasteiger partial charge in [0.05, 0.1) is 4.92 Å². The van der Waals surface area contributed by atoms with Crippen LogP contribution in [0.25, 0.3) is 0 Å². The van der Waals surface area contributed by atoms with Crippen molar-refractivity contribution in [3.05, 3.63) is 68.2 Å². The van der Waals surface area contributed by atoms with Crippen LogP contribution in [0.4, 0.5) is 5.69 Å². The summed E-state index contributed by atoms with van der Waals surface area (Å²) in [6, 6.07) is 11.8. The summed E-state index contributed by atoms with van der Waals surface area (Å²) in [7, 11) is 0. The third-order valence-corrected chi connectivity index (χ3v) is 3.70. The molecule has 1 unspecified atom stereocenters. The van der Waals surface area contributed by atoms with Crippen LogP contribution in [-0.2, 0) is 6.54 Å². The summed E-state index contributed by atoms with van der Waals surface area (Å²) in [6.07, 6.45) is 0. The molecule has 5 nitrogen and oxygen atoms in total. The van der Waals surface area contributed by atoms with E-state index in [1.807, 2.05) is 13.0 Å². The summed E-state index contributed by atoms with van der Waals surface area (Å²) in [4.78, 5) is 10.6. The Labute approximate surface area is 130 Å². The topological polar surface area (TPSA) is 75.4 Å². The lowest BCUT2D eigenvalue weighted by Gasteiger charge is -2.14. The first-order valence-electron chi connectivity index (χ1n) is 6.42. The first-order chi connectivity index (χ1) is 9.97. The molecule has 0 aliphatic carbocycles. The van der Waals surface area contributed by atoms with Gasteiger partial charge in [-0.15, -0.1) is 0 Å². The number of phenols is 1. The average molecular weight is 351 g/mol. The minimum absolute atomic E-state index is 0.0318. The van der Waals surface area contributed by atoms with E-state index in [0.29, 0.717) is 12.1 Å². The Balaban J connectivity index is 2.12. The summed E-state index contributed by atoms with van der Waals surface area (Å²) >= 11 is 3.32. The third kappa shape index (κ3) is 4.03. The van der Waals surface area contributed by atoms with Crippen molar-refractivity contribution in [2.24, 2.45) is 0 Å². The van der Waals surface area contributed by atoms with Gasteiger partial charge in [-0.25, -0.2) is 0 Å². The predicted molar refractivity (Wildman–Crippen MR) is 84.2 cm³/mol. The lowest BCUT2D eigenvalue weighted by molar-refractivity contribution is -0.385. The highest BCUT2D eigenvalue weighted by Gasteiger charge is 2.15. The van der Waals surface area contributed by atoms with Crippen molar-refractivity contribution < 1.29 is 10.0 Å². The van der Waals surface area contributed by atoms with Gasteiger partial charge in [0, 0.05) is 28.7 Å². The second-order valence-corrected chi connectivity index (χ2v) is 5.64. The zero-order valence-electron chi connectivity index (χ0n) is 11.4. The smallest absolute Gasteiger partial charge is 0.273 e. The van der Waals surface area contributed by atoms with E-state index in [9.17, 15) is 15.2 Å². The molecule has 0 fully saturated rings. The van der Waals surface area contributed by atoms with Crippen LogP contribution in [0, 0.1) is 10.1 Å². The number of nitrogens with one attached hydrogen (secondary N) is 1. The van der Waals surface area contributed by atoms with E-state index in [1.165, 1.54) is 6.07 Å². The fraction of sp³-hybridized carbons (Fsp3) is 0.200. The highest BCUT2D eigenvalue weighted by molar-refractivity contribution is 9.10. The van der Waals surface area contributed by atoms with Crippen LogP contribution >= 0.6 is 15.9 Å². The van der Waals surface area contributed by atoms with E-state index in [2.05, 4.69) is 21.2 Å². The quantitative estimate of drug-likeness (QED) is 0.633. The van der Waals surface area contributed by atoms with Crippen molar-refractivity contribution in [1.29, 1.82) is 0 Å². The average Bonchev–Trinajstić information content (AvgIpc) is 2.44. The van der Waals surface area contributed by atoms with Gasteiger partial charge in [0.1, 0.15) is 5.75 Å². The molecule has 0 aromatic heterocycles. The minimum atomic E-state index is -0.386. The maximum absolute atomic E-state index is 11.0. The summed E-state index contributed by atoms with van der Waals surface area (Å²) < 4.78 is 0.801. The van der Waals surface area contributed by atoms with Crippen molar-refractivity contribution in [3.63, 3.8) is 0 Å². The van der Waals surface area contributed by atoms with Gasteiger partial charge in [0.2, 0.25) is 0 Å². The molecule has 0 saturated carbocycles. The van der Waals surface area contributed by atoms with Gasteiger partial charge in [0.25, 0.3) is 5.69 Å². The molecule has 1 atom stereocenters. The molecule has 0 amide bonds. The molecule has 2 rings (SSSR count). The lowest BCUT2D eigenvalue weighted by atomic mass is 10.1. The highest BCUT2D eigenvalue weighted by atomic mass is 79.9. The van der Waals surface area contributed by atoms with Crippen LogP contribution < -0.4 is 5.32 Å². The van der Waals surface area contributed by atoms with Gasteiger partial charge < -0.3 is 10.4 Å². The molecule has 0 heterocycles. The number of nitro benzene ring substituents is 1. The number of hydrogen-bond acceptors (Lipinski definition) is 4. The van der Waals surface area contributed by atoms with Crippen molar-refractivity contribution >= 4 is 21.6 Å². The van der Waals surface area contributed by atoms with Gasteiger partial charge in [-0.2, -0.15) is 0 Å². The fourth-order valence-corrected chi connectivity index (χ4v) is 2.46. The minimum Gasteiger partial charge on any atom is -0.508 e. The number of nitro groups is 1. The first-order valence-corrected chi connectivity index (χ1v) is 7.22. The molecule has 110 valence electrons. The summed E-state index contributed by atoms with van der Waals surface area (Å²) in [5.74, 6) is 0.203. The number of halogens is 1. The Morgan fingerprint density at radius 2 is 2.10 bits per heavy atom. The van der Waals surface area contributed by atoms with Crippen molar-refractivity contribution in [1.82, 2.24) is 5.32 Å². The second kappa shape index (κ2) is 6.69. The van der Waals surface area contributed by atoms with E-state index in [1.54, 1.807) is 30.3 Å². The maximum Gasteiger partial charge on any atom is 0.273 e. The Bertz CT molecular complexity index is 661. The lowest BCUT2D eigenvalue weighted by Crippen LogP contribution is -2.18. The van der Waals surface area contributed by atoms with Crippen molar-refractivity contribution in [2.75, 3.05) is 0 Å². The zero-order valence-corrected chi connectivity index (χ0v) is 13.0. The second-order valence-electron chi connectivity index (χ2n) is 4.73. The Kier molecular flexibility index (Phi) is 4.93. The fourth-order valence-electron chi connectivity index (χ4n) is 2.05. The van der Waals surface area contributed by atoms with Crippen molar-refractivity contribution in [2.45, 2.75) is 19.5 Å².